The van der Waals surface area contributed by atoms with Gasteiger partial charge in [-0.25, -0.2) is 4.79 Å². The Labute approximate surface area is 109 Å². The van der Waals surface area contributed by atoms with Gasteiger partial charge < -0.3 is 14.4 Å². The van der Waals surface area contributed by atoms with Gasteiger partial charge in [0.1, 0.15) is 4.90 Å². The molecule has 7 nitrogen and oxygen atoms in total. The van der Waals surface area contributed by atoms with Gasteiger partial charge in [0, 0.05) is 0 Å². The fourth-order valence-corrected chi connectivity index (χ4v) is 2.06. The van der Waals surface area contributed by atoms with E-state index in [1.165, 1.54) is 24.3 Å². The average molecular weight is 288 g/mol. The highest BCUT2D eigenvalue weighted by atomic mass is 32.2. The first-order chi connectivity index (χ1) is 8.72. The largest absolute Gasteiger partial charge is 0.481 e. The molecule has 19 heavy (non-hydrogen) atoms. The summed E-state index contributed by atoms with van der Waals surface area (Å²) in [6.45, 7) is 1.75. The molecule has 1 atom stereocenters. The average Bonchev–Trinajstić information content (AvgIpc) is 2.27. The predicted octanol–water partition coefficient (Wildman–Crippen LogP) is 0.0625. The van der Waals surface area contributed by atoms with Crippen LogP contribution < -0.4 is 0 Å². The molecule has 0 aromatic heterocycles. The monoisotopic (exact) mass is 288 g/mol. The van der Waals surface area contributed by atoms with Crippen LogP contribution in [0.3, 0.4) is 0 Å². The molecule has 0 aliphatic carbocycles. The Balaban J connectivity index is 2.83. The molecule has 1 aromatic carbocycles. The number of hydrogen-bond donors (Lipinski definition) is 2. The first-order valence-electron chi connectivity index (χ1n) is 5.17. The lowest BCUT2D eigenvalue weighted by Crippen LogP contribution is -2.28. The SMILES string of the molecule is Cc1ccc(S(=O)(=O)OC(=O)[C@H](O)CC(=O)O)cc1. The standard InChI is InChI=1S/C11H12O7S/c1-7-2-4-8(5-3-7)19(16,17)18-11(15)9(12)6-10(13)14/h2-5,9,12H,6H2,1H3,(H,13,14)/t9-/m1/s1. The zero-order valence-corrected chi connectivity index (χ0v) is 10.8. The van der Waals surface area contributed by atoms with Crippen molar-refractivity contribution in [2.75, 3.05) is 0 Å². The third-order valence-electron chi connectivity index (χ3n) is 2.14. The van der Waals surface area contributed by atoms with Crippen LogP contribution in [0.5, 0.6) is 0 Å². The van der Waals surface area contributed by atoms with E-state index in [0.717, 1.165) is 5.56 Å². The van der Waals surface area contributed by atoms with Crippen molar-refractivity contribution in [1.29, 1.82) is 0 Å². The fraction of sp³-hybridized carbons (Fsp3) is 0.273. The van der Waals surface area contributed by atoms with Crippen molar-refractivity contribution in [3.8, 4) is 0 Å². The Morgan fingerprint density at radius 2 is 1.79 bits per heavy atom. The number of aliphatic carboxylic acids is 1. The summed E-state index contributed by atoms with van der Waals surface area (Å²) in [5.41, 5.74) is 0.816. The minimum absolute atomic E-state index is 0.256. The quantitative estimate of drug-likeness (QED) is 0.735. The van der Waals surface area contributed by atoms with Crippen LogP contribution in [0, 0.1) is 6.92 Å². The van der Waals surface area contributed by atoms with Crippen molar-refractivity contribution in [3.63, 3.8) is 0 Å². The summed E-state index contributed by atoms with van der Waals surface area (Å²) in [6.07, 6.45) is -2.96. The molecule has 0 saturated carbocycles. The van der Waals surface area contributed by atoms with E-state index in [4.69, 9.17) is 10.2 Å². The lowest BCUT2D eigenvalue weighted by Gasteiger charge is -2.09. The number of rotatable bonds is 5. The summed E-state index contributed by atoms with van der Waals surface area (Å²) >= 11 is 0. The van der Waals surface area contributed by atoms with Crippen LogP contribution in [0.2, 0.25) is 0 Å². The minimum Gasteiger partial charge on any atom is -0.481 e. The molecule has 0 saturated heterocycles. The van der Waals surface area contributed by atoms with E-state index in [-0.39, 0.29) is 4.90 Å². The van der Waals surface area contributed by atoms with E-state index in [1.54, 1.807) is 6.92 Å². The molecule has 8 heteroatoms. The fourth-order valence-electron chi connectivity index (χ4n) is 1.17. The second-order valence-electron chi connectivity index (χ2n) is 3.78. The maximum absolute atomic E-state index is 11.6. The minimum atomic E-state index is -4.36. The summed E-state index contributed by atoms with van der Waals surface area (Å²) in [7, 11) is -4.36. The molecule has 0 amide bonds. The van der Waals surface area contributed by atoms with Gasteiger partial charge in [0.05, 0.1) is 6.42 Å². The number of aryl methyl sites for hydroxylation is 1. The third kappa shape index (κ3) is 4.34. The van der Waals surface area contributed by atoms with Crippen molar-refractivity contribution in [2.24, 2.45) is 0 Å². The Morgan fingerprint density at radius 3 is 2.26 bits per heavy atom. The molecular weight excluding hydrogens is 276 g/mol. The first kappa shape index (κ1) is 15.1. The molecule has 0 heterocycles. The maximum atomic E-state index is 11.6. The number of benzene rings is 1. The van der Waals surface area contributed by atoms with Crippen LogP contribution in [-0.2, 0) is 23.9 Å². The maximum Gasteiger partial charge on any atom is 0.351 e. The molecule has 2 N–H and O–H groups in total. The van der Waals surface area contributed by atoms with Crippen molar-refractivity contribution in [3.05, 3.63) is 29.8 Å². The van der Waals surface area contributed by atoms with E-state index in [9.17, 15) is 18.0 Å². The van der Waals surface area contributed by atoms with Crippen molar-refractivity contribution < 1.29 is 32.4 Å². The number of carbonyl (C=O) groups is 2. The molecule has 1 aromatic rings. The van der Waals surface area contributed by atoms with Gasteiger partial charge in [0.25, 0.3) is 0 Å². The molecule has 0 aliphatic rings. The number of carboxylic acid groups (broad SMARTS) is 1. The van der Waals surface area contributed by atoms with Gasteiger partial charge in [0.15, 0.2) is 6.10 Å². The van der Waals surface area contributed by atoms with Gasteiger partial charge in [-0.2, -0.15) is 8.42 Å². The van der Waals surface area contributed by atoms with Crippen LogP contribution in [0.4, 0.5) is 0 Å². The highest BCUT2D eigenvalue weighted by Gasteiger charge is 2.27. The molecule has 0 unspecified atom stereocenters. The van der Waals surface area contributed by atoms with E-state index in [2.05, 4.69) is 4.18 Å². The lowest BCUT2D eigenvalue weighted by molar-refractivity contribution is -0.150. The van der Waals surface area contributed by atoms with E-state index < -0.39 is 34.6 Å². The van der Waals surface area contributed by atoms with Crippen molar-refractivity contribution in [1.82, 2.24) is 0 Å². The molecule has 0 bridgehead atoms. The van der Waals surface area contributed by atoms with Crippen LogP contribution in [0.15, 0.2) is 29.2 Å². The summed E-state index contributed by atoms with van der Waals surface area (Å²) in [6, 6.07) is 5.49. The number of carboxylic acids is 1. The van der Waals surface area contributed by atoms with Crippen LogP contribution in [0.25, 0.3) is 0 Å². The van der Waals surface area contributed by atoms with Gasteiger partial charge >= 0.3 is 22.1 Å². The zero-order valence-electron chi connectivity index (χ0n) is 9.94. The van der Waals surface area contributed by atoms with E-state index in [0.29, 0.717) is 0 Å². The molecule has 0 fully saturated rings. The molecule has 0 spiro atoms. The third-order valence-corrected chi connectivity index (χ3v) is 3.37. The van der Waals surface area contributed by atoms with Crippen LogP contribution in [0.1, 0.15) is 12.0 Å². The molecule has 0 aliphatic heterocycles. The van der Waals surface area contributed by atoms with Gasteiger partial charge in [-0.1, -0.05) is 17.7 Å². The van der Waals surface area contributed by atoms with Gasteiger partial charge in [-0.3, -0.25) is 4.79 Å². The molecule has 1 rings (SSSR count). The van der Waals surface area contributed by atoms with Crippen LogP contribution in [-0.4, -0.2) is 36.7 Å². The van der Waals surface area contributed by atoms with E-state index in [1.807, 2.05) is 0 Å². The van der Waals surface area contributed by atoms with E-state index >= 15 is 0 Å². The smallest absolute Gasteiger partial charge is 0.351 e. The Hall–Kier alpha value is -1.93. The van der Waals surface area contributed by atoms with Gasteiger partial charge in [-0.05, 0) is 19.1 Å². The normalized spacial score (nSPS) is 12.7. The first-order valence-corrected chi connectivity index (χ1v) is 6.58. The topological polar surface area (TPSA) is 118 Å². The molecule has 104 valence electrons. The van der Waals surface area contributed by atoms with Crippen LogP contribution >= 0.6 is 0 Å². The molecular formula is C11H12O7S. The van der Waals surface area contributed by atoms with Gasteiger partial charge in [-0.15, -0.1) is 0 Å². The summed E-state index contributed by atoms with van der Waals surface area (Å²) in [5, 5.41) is 17.5. The highest BCUT2D eigenvalue weighted by molar-refractivity contribution is 7.87. The Bertz CT molecular complexity index is 574. The summed E-state index contributed by atoms with van der Waals surface area (Å²) < 4.78 is 27.4. The van der Waals surface area contributed by atoms with Gasteiger partial charge in [0.2, 0.25) is 0 Å². The number of carbonyl (C=O) groups excluding carboxylic acids is 1. The lowest BCUT2D eigenvalue weighted by atomic mass is 10.2. The summed E-state index contributed by atoms with van der Waals surface area (Å²) in [5.74, 6) is -2.97. The predicted molar refractivity (Wildman–Crippen MR) is 62.7 cm³/mol. The summed E-state index contributed by atoms with van der Waals surface area (Å²) in [4.78, 5) is 21.2. The number of aliphatic hydroxyl groups is 1. The number of aliphatic hydroxyl groups excluding tert-OH is 1. The molecule has 0 radical (unpaired) electrons. The van der Waals surface area contributed by atoms with Crippen molar-refractivity contribution >= 4 is 22.1 Å². The second kappa shape index (κ2) is 5.81. The highest BCUT2D eigenvalue weighted by Crippen LogP contribution is 2.14. The second-order valence-corrected chi connectivity index (χ2v) is 5.33. The Morgan fingerprint density at radius 1 is 1.26 bits per heavy atom. The Kier molecular flexibility index (Phi) is 4.62. The number of hydrogen-bond acceptors (Lipinski definition) is 6. The zero-order chi connectivity index (χ0) is 14.6. The van der Waals surface area contributed by atoms with Crippen molar-refractivity contribution in [2.45, 2.75) is 24.3 Å².